The predicted octanol–water partition coefficient (Wildman–Crippen LogP) is 4.47. The van der Waals surface area contributed by atoms with Crippen LogP contribution >= 0.6 is 0 Å². The molecule has 0 aliphatic heterocycles. The molecule has 0 atom stereocenters. The van der Waals surface area contributed by atoms with Crippen molar-refractivity contribution in [2.45, 2.75) is 50.9 Å². The number of carboxylic acids is 1. The van der Waals surface area contributed by atoms with Crippen molar-refractivity contribution >= 4 is 5.97 Å². The zero-order chi connectivity index (χ0) is 15.8. The Kier molecular flexibility index (Phi) is 4.04. The first-order valence-electron chi connectivity index (χ1n) is 9.13. The van der Waals surface area contributed by atoms with Gasteiger partial charge in [-0.3, -0.25) is 4.79 Å². The first-order valence-corrected chi connectivity index (χ1v) is 9.13. The molecule has 0 aromatic heterocycles. The van der Waals surface area contributed by atoms with Crippen LogP contribution in [0.25, 0.3) is 0 Å². The maximum atomic E-state index is 10.5. The summed E-state index contributed by atoms with van der Waals surface area (Å²) in [6.45, 7) is 0.476. The van der Waals surface area contributed by atoms with Crippen molar-refractivity contribution in [3.05, 3.63) is 29.8 Å². The van der Waals surface area contributed by atoms with Gasteiger partial charge in [-0.15, -0.1) is 0 Å². The molecule has 0 unspecified atom stereocenters. The topological polar surface area (TPSA) is 46.5 Å². The predicted molar refractivity (Wildman–Crippen MR) is 88.6 cm³/mol. The summed E-state index contributed by atoms with van der Waals surface area (Å²) in [4.78, 5) is 10.5. The van der Waals surface area contributed by atoms with E-state index in [1.807, 2.05) is 0 Å². The first-order chi connectivity index (χ1) is 11.2. The molecule has 1 aromatic carbocycles. The Bertz CT molecular complexity index is 535. The average molecular weight is 314 g/mol. The Hall–Kier alpha value is -1.51. The van der Waals surface area contributed by atoms with Crippen molar-refractivity contribution in [2.75, 3.05) is 6.61 Å². The molecule has 23 heavy (non-hydrogen) atoms. The maximum absolute atomic E-state index is 10.5. The van der Waals surface area contributed by atoms with Crippen LogP contribution in [-0.4, -0.2) is 17.7 Å². The highest BCUT2D eigenvalue weighted by Gasteiger charge is 2.48. The Morgan fingerprint density at radius 2 is 1.61 bits per heavy atom. The number of aliphatic carboxylic acids is 1. The van der Waals surface area contributed by atoms with Crippen molar-refractivity contribution in [3.63, 3.8) is 0 Å². The summed E-state index contributed by atoms with van der Waals surface area (Å²) in [5, 5.41) is 8.64. The maximum Gasteiger partial charge on any atom is 0.303 e. The van der Waals surface area contributed by atoms with Crippen LogP contribution in [0.3, 0.4) is 0 Å². The van der Waals surface area contributed by atoms with E-state index in [9.17, 15) is 4.79 Å². The molecule has 0 heterocycles. The highest BCUT2D eigenvalue weighted by molar-refractivity contribution is 5.66. The third kappa shape index (κ3) is 3.11. The summed E-state index contributed by atoms with van der Waals surface area (Å²) in [6, 6.07) is 8.64. The van der Waals surface area contributed by atoms with Crippen LogP contribution in [0, 0.1) is 23.7 Å². The molecule has 3 heteroatoms. The lowest BCUT2D eigenvalue weighted by molar-refractivity contribution is -0.137. The quantitative estimate of drug-likeness (QED) is 0.788. The van der Waals surface area contributed by atoms with E-state index in [1.165, 1.54) is 37.7 Å². The van der Waals surface area contributed by atoms with Gasteiger partial charge in [0.1, 0.15) is 5.75 Å². The number of ether oxygens (including phenoxy) is 1. The van der Waals surface area contributed by atoms with E-state index in [-0.39, 0.29) is 6.42 Å². The molecule has 124 valence electrons. The highest BCUT2D eigenvalue weighted by atomic mass is 16.5. The van der Waals surface area contributed by atoms with Gasteiger partial charge in [0.2, 0.25) is 0 Å². The van der Waals surface area contributed by atoms with Gasteiger partial charge in [-0.1, -0.05) is 12.1 Å². The molecule has 5 rings (SSSR count). The molecule has 1 N–H and O–H groups in total. The van der Waals surface area contributed by atoms with Gasteiger partial charge >= 0.3 is 5.97 Å². The van der Waals surface area contributed by atoms with Crippen LogP contribution in [0.1, 0.15) is 56.4 Å². The molecule has 1 aromatic rings. The third-order valence-electron chi connectivity index (χ3n) is 6.30. The Morgan fingerprint density at radius 3 is 2.17 bits per heavy atom. The molecule has 0 saturated heterocycles. The van der Waals surface area contributed by atoms with Crippen LogP contribution in [-0.2, 0) is 4.79 Å². The molecular weight excluding hydrogens is 288 g/mol. The van der Waals surface area contributed by atoms with Crippen LogP contribution in [0.2, 0.25) is 0 Å². The molecule has 4 saturated carbocycles. The van der Waals surface area contributed by atoms with Gasteiger partial charge in [-0.05, 0) is 85.8 Å². The fourth-order valence-electron chi connectivity index (χ4n) is 5.67. The van der Waals surface area contributed by atoms with Crippen molar-refractivity contribution in [1.29, 1.82) is 0 Å². The van der Waals surface area contributed by atoms with Gasteiger partial charge in [0.05, 0.1) is 6.61 Å². The summed E-state index contributed by atoms with van der Waals surface area (Å²) < 4.78 is 5.65. The van der Waals surface area contributed by atoms with E-state index in [2.05, 4.69) is 24.3 Å². The van der Waals surface area contributed by atoms with Crippen LogP contribution in [0.5, 0.6) is 5.75 Å². The monoisotopic (exact) mass is 314 g/mol. The van der Waals surface area contributed by atoms with E-state index in [0.29, 0.717) is 13.0 Å². The SMILES string of the molecule is O=C(O)CCCOc1ccc(C2C3CC4CC(C3)CC2C4)cc1. The van der Waals surface area contributed by atoms with E-state index < -0.39 is 5.97 Å². The zero-order valence-electron chi connectivity index (χ0n) is 13.6. The number of hydrogen-bond acceptors (Lipinski definition) is 2. The summed E-state index contributed by atoms with van der Waals surface area (Å²) in [5.41, 5.74) is 1.50. The average Bonchev–Trinajstić information content (AvgIpc) is 2.52. The molecule has 0 spiro atoms. The number of rotatable bonds is 6. The number of carboxylic acid groups (broad SMARTS) is 1. The summed E-state index contributed by atoms with van der Waals surface area (Å²) in [6.07, 6.45) is 8.04. The number of hydrogen-bond donors (Lipinski definition) is 1. The van der Waals surface area contributed by atoms with Gasteiger partial charge in [0.15, 0.2) is 0 Å². The second-order valence-corrected chi connectivity index (χ2v) is 7.87. The van der Waals surface area contributed by atoms with Gasteiger partial charge < -0.3 is 9.84 Å². The lowest BCUT2D eigenvalue weighted by Gasteiger charge is -2.54. The molecular formula is C20H26O3. The van der Waals surface area contributed by atoms with Crippen molar-refractivity contribution < 1.29 is 14.6 Å². The molecule has 0 amide bonds. The van der Waals surface area contributed by atoms with E-state index in [1.54, 1.807) is 0 Å². The molecule has 4 bridgehead atoms. The molecule has 0 radical (unpaired) electrons. The van der Waals surface area contributed by atoms with Crippen LogP contribution in [0.4, 0.5) is 0 Å². The fourth-order valence-corrected chi connectivity index (χ4v) is 5.67. The number of carbonyl (C=O) groups is 1. The second kappa shape index (κ2) is 6.18. The highest BCUT2D eigenvalue weighted by Crippen LogP contribution is 2.59. The zero-order valence-corrected chi connectivity index (χ0v) is 13.6. The van der Waals surface area contributed by atoms with Gasteiger partial charge in [0, 0.05) is 6.42 Å². The number of benzene rings is 1. The molecule has 4 aliphatic rings. The molecule has 4 fully saturated rings. The summed E-state index contributed by atoms with van der Waals surface area (Å²) in [5.74, 6) is 4.73. The summed E-state index contributed by atoms with van der Waals surface area (Å²) in [7, 11) is 0. The van der Waals surface area contributed by atoms with E-state index >= 15 is 0 Å². The standard InChI is InChI=1S/C20H26O3/c21-19(22)2-1-7-23-18-5-3-15(4-6-18)20-16-9-13-8-14(11-16)12-17(20)10-13/h3-6,13-14,16-17,20H,1-2,7-12H2,(H,21,22). The van der Waals surface area contributed by atoms with Crippen LogP contribution in [0.15, 0.2) is 24.3 Å². The Labute approximate surface area is 138 Å². The molecule has 4 aliphatic carbocycles. The second-order valence-electron chi connectivity index (χ2n) is 7.87. The van der Waals surface area contributed by atoms with Crippen molar-refractivity contribution in [1.82, 2.24) is 0 Å². The Balaban J connectivity index is 1.37. The fraction of sp³-hybridized carbons (Fsp3) is 0.650. The minimum atomic E-state index is -0.758. The van der Waals surface area contributed by atoms with Crippen molar-refractivity contribution in [2.24, 2.45) is 23.7 Å². The van der Waals surface area contributed by atoms with Gasteiger partial charge in [-0.2, -0.15) is 0 Å². The normalized spacial score (nSPS) is 34.5. The van der Waals surface area contributed by atoms with Crippen LogP contribution < -0.4 is 4.74 Å². The Morgan fingerprint density at radius 1 is 1.00 bits per heavy atom. The minimum absolute atomic E-state index is 0.172. The van der Waals surface area contributed by atoms with Crippen molar-refractivity contribution in [3.8, 4) is 5.75 Å². The summed E-state index contributed by atoms with van der Waals surface area (Å²) >= 11 is 0. The minimum Gasteiger partial charge on any atom is -0.494 e. The van der Waals surface area contributed by atoms with Gasteiger partial charge in [0.25, 0.3) is 0 Å². The molecule has 3 nitrogen and oxygen atoms in total. The van der Waals surface area contributed by atoms with E-state index in [0.717, 1.165) is 35.3 Å². The smallest absolute Gasteiger partial charge is 0.303 e. The first kappa shape index (κ1) is 15.0. The largest absolute Gasteiger partial charge is 0.494 e. The lowest BCUT2D eigenvalue weighted by atomic mass is 9.51. The van der Waals surface area contributed by atoms with Gasteiger partial charge in [-0.25, -0.2) is 0 Å². The lowest BCUT2D eigenvalue weighted by Crippen LogP contribution is -2.43. The van der Waals surface area contributed by atoms with E-state index in [4.69, 9.17) is 9.84 Å². The third-order valence-corrected chi connectivity index (χ3v) is 6.30.